The average molecular weight is 342 g/mol. The van der Waals surface area contributed by atoms with Crippen LogP contribution in [0.2, 0.25) is 10.0 Å². The zero-order valence-corrected chi connectivity index (χ0v) is 12.8. The normalized spacial score (nSPS) is 11.3. The van der Waals surface area contributed by atoms with Crippen molar-refractivity contribution in [1.82, 2.24) is 4.72 Å². The molecule has 1 aromatic carbocycles. The van der Waals surface area contributed by atoms with Gasteiger partial charge in [-0.1, -0.05) is 30.1 Å². The number of benzene rings is 1. The van der Waals surface area contributed by atoms with Crippen LogP contribution in [0.1, 0.15) is 6.92 Å². The summed E-state index contributed by atoms with van der Waals surface area (Å²) in [5, 5.41) is 13.5. The summed E-state index contributed by atoms with van der Waals surface area (Å²) in [5.41, 5.74) is 0.0384. The van der Waals surface area contributed by atoms with E-state index < -0.39 is 14.9 Å². The number of nitro benzene ring substituents is 1. The van der Waals surface area contributed by atoms with Gasteiger partial charge in [-0.2, -0.15) is 0 Å². The molecule has 0 bridgehead atoms. The monoisotopic (exact) mass is 341 g/mol. The molecular weight excluding hydrogens is 329 g/mol. The lowest BCUT2D eigenvalue weighted by atomic mass is 10.3. The maximum atomic E-state index is 11.4. The molecule has 1 aromatic rings. The molecule has 0 saturated heterocycles. The third-order valence-electron chi connectivity index (χ3n) is 2.27. The van der Waals surface area contributed by atoms with E-state index in [1.165, 1.54) is 0 Å². The first-order valence-electron chi connectivity index (χ1n) is 5.61. The van der Waals surface area contributed by atoms with Crippen molar-refractivity contribution in [2.45, 2.75) is 6.92 Å². The van der Waals surface area contributed by atoms with Crippen LogP contribution in [0.25, 0.3) is 0 Å². The second kappa shape index (κ2) is 7.07. The van der Waals surface area contributed by atoms with Gasteiger partial charge in [-0.05, 0) is 0 Å². The number of hydrogen-bond acceptors (Lipinski definition) is 5. The highest BCUT2D eigenvalue weighted by molar-refractivity contribution is 7.89. The maximum absolute atomic E-state index is 11.4. The van der Waals surface area contributed by atoms with Crippen LogP contribution >= 0.6 is 23.2 Å². The predicted molar refractivity (Wildman–Crippen MR) is 79.1 cm³/mol. The summed E-state index contributed by atoms with van der Waals surface area (Å²) in [5.74, 6) is -0.162. The summed E-state index contributed by atoms with van der Waals surface area (Å²) in [6.07, 6.45) is 0. The highest BCUT2D eigenvalue weighted by Crippen LogP contribution is 2.34. The first kappa shape index (κ1) is 17.0. The number of halogens is 2. The number of nitrogens with one attached hydrogen (secondary N) is 2. The Labute approximate surface area is 126 Å². The molecule has 1 rings (SSSR count). The Morgan fingerprint density at radius 1 is 1.30 bits per heavy atom. The van der Waals surface area contributed by atoms with Crippen LogP contribution < -0.4 is 10.0 Å². The summed E-state index contributed by atoms with van der Waals surface area (Å²) in [7, 11) is -3.36. The maximum Gasteiger partial charge on any atom is 0.272 e. The van der Waals surface area contributed by atoms with Crippen LogP contribution in [-0.2, 0) is 10.0 Å². The Balaban J connectivity index is 2.77. The predicted octanol–water partition coefficient (Wildman–Crippen LogP) is 2.25. The molecule has 0 atom stereocenters. The quantitative estimate of drug-likeness (QED) is 0.585. The van der Waals surface area contributed by atoms with Gasteiger partial charge < -0.3 is 5.32 Å². The summed E-state index contributed by atoms with van der Waals surface area (Å²) >= 11 is 11.7. The summed E-state index contributed by atoms with van der Waals surface area (Å²) < 4.78 is 25.2. The number of sulfonamides is 1. The molecule has 112 valence electrons. The molecule has 10 heteroatoms. The van der Waals surface area contributed by atoms with Crippen molar-refractivity contribution >= 4 is 44.6 Å². The molecule has 0 heterocycles. The molecule has 0 aliphatic rings. The van der Waals surface area contributed by atoms with Gasteiger partial charge in [0.15, 0.2) is 0 Å². The molecule has 2 N–H and O–H groups in total. The minimum atomic E-state index is -3.36. The standard InChI is InChI=1S/C10H13Cl2N3O4S/c1-2-14-20(18,19)4-3-13-10-8(11)5-7(15(16)17)6-9(10)12/h5-6,13-14H,2-4H2,1H3. The molecule has 0 spiro atoms. The van der Waals surface area contributed by atoms with Gasteiger partial charge in [0.25, 0.3) is 5.69 Å². The minimum Gasteiger partial charge on any atom is -0.382 e. The van der Waals surface area contributed by atoms with E-state index in [0.29, 0.717) is 6.54 Å². The average Bonchev–Trinajstić information content (AvgIpc) is 2.32. The van der Waals surface area contributed by atoms with Crippen LogP contribution in [0.15, 0.2) is 12.1 Å². The van der Waals surface area contributed by atoms with E-state index in [9.17, 15) is 18.5 Å². The van der Waals surface area contributed by atoms with Crippen LogP contribution in [0.5, 0.6) is 0 Å². The van der Waals surface area contributed by atoms with Gasteiger partial charge in [0.2, 0.25) is 10.0 Å². The summed E-state index contributed by atoms with van der Waals surface area (Å²) in [6, 6.07) is 2.29. The highest BCUT2D eigenvalue weighted by Gasteiger charge is 2.15. The van der Waals surface area contributed by atoms with E-state index in [1.807, 2.05) is 0 Å². The number of rotatable bonds is 7. The first-order valence-corrected chi connectivity index (χ1v) is 8.02. The highest BCUT2D eigenvalue weighted by atomic mass is 35.5. The third kappa shape index (κ3) is 4.78. The van der Waals surface area contributed by atoms with Crippen molar-refractivity contribution in [3.05, 3.63) is 32.3 Å². The SMILES string of the molecule is CCNS(=O)(=O)CCNc1c(Cl)cc([N+](=O)[O-])cc1Cl. The van der Waals surface area contributed by atoms with Crippen molar-refractivity contribution in [2.24, 2.45) is 0 Å². The molecule has 0 unspecified atom stereocenters. The van der Waals surface area contributed by atoms with E-state index >= 15 is 0 Å². The van der Waals surface area contributed by atoms with Gasteiger partial charge in [0, 0.05) is 25.2 Å². The van der Waals surface area contributed by atoms with Crippen molar-refractivity contribution < 1.29 is 13.3 Å². The molecule has 0 fully saturated rings. The van der Waals surface area contributed by atoms with Crippen molar-refractivity contribution in [1.29, 1.82) is 0 Å². The largest absolute Gasteiger partial charge is 0.382 e. The third-order valence-corrected chi connectivity index (χ3v) is 4.34. The Bertz CT molecular complexity index is 584. The van der Waals surface area contributed by atoms with Gasteiger partial charge in [-0.3, -0.25) is 10.1 Å². The fourth-order valence-electron chi connectivity index (χ4n) is 1.44. The fraction of sp³-hybridized carbons (Fsp3) is 0.400. The minimum absolute atomic E-state index is 0.0602. The van der Waals surface area contributed by atoms with E-state index in [4.69, 9.17) is 23.2 Å². The smallest absolute Gasteiger partial charge is 0.272 e. The lowest BCUT2D eigenvalue weighted by molar-refractivity contribution is -0.384. The number of nitrogens with zero attached hydrogens (tertiary/aromatic N) is 1. The van der Waals surface area contributed by atoms with Crippen LogP contribution in [0.3, 0.4) is 0 Å². The van der Waals surface area contributed by atoms with Gasteiger partial charge >= 0.3 is 0 Å². The Morgan fingerprint density at radius 2 is 1.85 bits per heavy atom. The topological polar surface area (TPSA) is 101 Å². The number of nitro groups is 1. The first-order chi connectivity index (χ1) is 9.26. The molecule has 0 aromatic heterocycles. The van der Waals surface area contributed by atoms with Crippen LogP contribution in [0, 0.1) is 10.1 Å². The van der Waals surface area contributed by atoms with Gasteiger partial charge in [0.1, 0.15) is 0 Å². The van der Waals surface area contributed by atoms with E-state index in [-0.39, 0.29) is 33.7 Å². The molecular formula is C10H13Cl2N3O4S. The lowest BCUT2D eigenvalue weighted by Gasteiger charge is -2.10. The fourth-order valence-corrected chi connectivity index (χ4v) is 3.00. The summed E-state index contributed by atoms with van der Waals surface area (Å²) in [4.78, 5) is 10.0. The van der Waals surface area contributed by atoms with E-state index in [2.05, 4.69) is 10.0 Å². The molecule has 0 aliphatic carbocycles. The van der Waals surface area contributed by atoms with Gasteiger partial charge in [-0.25, -0.2) is 13.1 Å². The van der Waals surface area contributed by atoms with Crippen molar-refractivity contribution in [3.8, 4) is 0 Å². The Morgan fingerprint density at radius 3 is 2.30 bits per heavy atom. The van der Waals surface area contributed by atoms with Gasteiger partial charge in [0.05, 0.1) is 26.4 Å². The molecule has 0 aliphatic heterocycles. The summed E-state index contributed by atoms with van der Waals surface area (Å²) in [6.45, 7) is 2.06. The second-order valence-electron chi connectivity index (χ2n) is 3.79. The zero-order valence-electron chi connectivity index (χ0n) is 10.5. The Hall–Kier alpha value is -1.09. The van der Waals surface area contributed by atoms with Crippen molar-refractivity contribution in [2.75, 3.05) is 24.2 Å². The molecule has 0 amide bonds. The second-order valence-corrected chi connectivity index (χ2v) is 6.53. The zero-order chi connectivity index (χ0) is 15.3. The van der Waals surface area contributed by atoms with E-state index in [0.717, 1.165) is 12.1 Å². The molecule has 0 saturated carbocycles. The van der Waals surface area contributed by atoms with Crippen LogP contribution in [0.4, 0.5) is 11.4 Å². The number of hydrogen-bond donors (Lipinski definition) is 2. The molecule has 7 nitrogen and oxygen atoms in total. The number of anilines is 1. The van der Waals surface area contributed by atoms with Gasteiger partial charge in [-0.15, -0.1) is 0 Å². The molecule has 20 heavy (non-hydrogen) atoms. The van der Waals surface area contributed by atoms with E-state index in [1.54, 1.807) is 6.92 Å². The number of non-ortho nitro benzene ring substituents is 1. The van der Waals surface area contributed by atoms with Crippen molar-refractivity contribution in [3.63, 3.8) is 0 Å². The lowest BCUT2D eigenvalue weighted by Crippen LogP contribution is -2.29. The Kier molecular flexibility index (Phi) is 6.00. The van der Waals surface area contributed by atoms with Crippen LogP contribution in [-0.4, -0.2) is 32.2 Å². The molecule has 0 radical (unpaired) electrons.